The molecule has 0 saturated heterocycles. The average molecular weight is 392 g/mol. The van der Waals surface area contributed by atoms with Gasteiger partial charge in [-0.25, -0.2) is 15.0 Å². The normalized spacial score (nSPS) is 11.2. The molecule has 0 unspecified atom stereocenters. The molecule has 1 N–H and O–H groups in total. The van der Waals surface area contributed by atoms with E-state index in [0.717, 1.165) is 24.4 Å². The van der Waals surface area contributed by atoms with E-state index in [2.05, 4.69) is 20.3 Å². The zero-order valence-electron chi connectivity index (χ0n) is 14.3. The van der Waals surface area contributed by atoms with Crippen LogP contribution in [0.2, 0.25) is 0 Å². The maximum atomic E-state index is 13.1. The Kier molecular flexibility index (Phi) is 5.21. The quantitative estimate of drug-likeness (QED) is 0.527. The Labute approximate surface area is 156 Å². The number of hydrogen-bond acceptors (Lipinski definition) is 5. The van der Waals surface area contributed by atoms with E-state index >= 15 is 0 Å². The molecule has 0 fully saturated rings. The molecule has 3 aromatic heterocycles. The number of hydrogen-bond donors (Lipinski definition) is 1. The van der Waals surface area contributed by atoms with Crippen molar-refractivity contribution in [2.24, 2.45) is 0 Å². The van der Waals surface area contributed by atoms with Crippen molar-refractivity contribution in [3.63, 3.8) is 0 Å². The number of anilines is 1. The number of nitrogens with one attached hydrogen (secondary N) is 1. The van der Waals surface area contributed by atoms with Crippen LogP contribution in [-0.2, 0) is 6.18 Å². The molecule has 6 nitrogen and oxygen atoms in total. The molecular weight excluding hydrogens is 380 g/mol. The Morgan fingerprint density at radius 2 is 1.86 bits per heavy atom. The highest BCUT2D eigenvalue weighted by atomic mass is 19.4. The Bertz CT molecular complexity index is 1010. The highest BCUT2D eigenvalue weighted by molar-refractivity contribution is 6.02. The Morgan fingerprint density at radius 1 is 1.07 bits per heavy atom. The lowest BCUT2D eigenvalue weighted by Crippen LogP contribution is -2.15. The summed E-state index contributed by atoms with van der Waals surface area (Å²) in [5, 5.41) is 2.40. The molecule has 3 aromatic rings. The Hall–Kier alpha value is -3.56. The molecular formula is C18H12F4N4O2. The van der Waals surface area contributed by atoms with E-state index in [0.29, 0.717) is 5.69 Å². The molecule has 3 rings (SSSR count). The fourth-order valence-corrected chi connectivity index (χ4v) is 2.21. The fourth-order valence-electron chi connectivity index (χ4n) is 2.21. The molecule has 3 heterocycles. The topological polar surface area (TPSA) is 77.0 Å². The molecule has 0 spiro atoms. The van der Waals surface area contributed by atoms with Gasteiger partial charge < -0.3 is 10.1 Å². The van der Waals surface area contributed by atoms with Gasteiger partial charge in [-0.2, -0.15) is 17.6 Å². The fraction of sp³-hybridized carbons (Fsp3) is 0.111. The number of aromatic nitrogens is 3. The standard InChI is InChI=1S/C18H12F4N4O2/c1-10-7-12(28-11-5-6-14(23-9-11)18(20,21)22)8-13(24-10)17(27)26-16-4-2-3-15(19)25-16/h2-9H,1H3,(H,25,26,27). The molecule has 144 valence electrons. The molecule has 10 heteroatoms. The number of aryl methyl sites for hydroxylation is 1. The Morgan fingerprint density at radius 3 is 2.50 bits per heavy atom. The van der Waals surface area contributed by atoms with E-state index < -0.39 is 23.7 Å². The Balaban J connectivity index is 1.78. The number of rotatable bonds is 4. The van der Waals surface area contributed by atoms with Crippen molar-refractivity contribution in [2.75, 3.05) is 5.32 Å². The van der Waals surface area contributed by atoms with E-state index in [1.54, 1.807) is 6.92 Å². The summed E-state index contributed by atoms with van der Waals surface area (Å²) in [5.41, 5.74) is -0.663. The van der Waals surface area contributed by atoms with Crippen molar-refractivity contribution in [3.05, 3.63) is 71.7 Å². The van der Waals surface area contributed by atoms with Crippen molar-refractivity contribution in [1.29, 1.82) is 0 Å². The third-order valence-electron chi connectivity index (χ3n) is 3.38. The summed E-state index contributed by atoms with van der Waals surface area (Å²) in [5.74, 6) is -1.18. The lowest BCUT2D eigenvalue weighted by molar-refractivity contribution is -0.141. The molecule has 0 aromatic carbocycles. The lowest BCUT2D eigenvalue weighted by atomic mass is 10.2. The SMILES string of the molecule is Cc1cc(Oc2ccc(C(F)(F)F)nc2)cc(C(=O)Nc2cccc(F)n2)n1. The molecule has 0 bridgehead atoms. The van der Waals surface area contributed by atoms with Crippen LogP contribution in [0.3, 0.4) is 0 Å². The summed E-state index contributed by atoms with van der Waals surface area (Å²) >= 11 is 0. The molecule has 0 atom stereocenters. The largest absolute Gasteiger partial charge is 0.456 e. The van der Waals surface area contributed by atoms with E-state index in [1.165, 1.54) is 24.3 Å². The van der Waals surface area contributed by atoms with E-state index in [9.17, 15) is 22.4 Å². The van der Waals surface area contributed by atoms with Crippen LogP contribution in [0.1, 0.15) is 21.9 Å². The van der Waals surface area contributed by atoms with Crippen molar-refractivity contribution in [1.82, 2.24) is 15.0 Å². The number of carbonyl (C=O) groups excluding carboxylic acids is 1. The maximum absolute atomic E-state index is 13.1. The number of ether oxygens (including phenoxy) is 1. The highest BCUT2D eigenvalue weighted by Crippen LogP contribution is 2.29. The van der Waals surface area contributed by atoms with Crippen molar-refractivity contribution >= 4 is 11.7 Å². The van der Waals surface area contributed by atoms with E-state index in [4.69, 9.17) is 4.74 Å². The summed E-state index contributed by atoms with van der Waals surface area (Å²) in [4.78, 5) is 23.2. The summed E-state index contributed by atoms with van der Waals surface area (Å²) in [6, 6.07) is 8.60. The first kappa shape index (κ1) is 19.2. The zero-order valence-corrected chi connectivity index (χ0v) is 14.3. The minimum absolute atomic E-state index is 0.00251. The third kappa shape index (κ3) is 4.78. The molecule has 0 aliphatic heterocycles. The lowest BCUT2D eigenvalue weighted by Gasteiger charge is -2.10. The second-order valence-electron chi connectivity index (χ2n) is 5.61. The first-order valence-electron chi connectivity index (χ1n) is 7.84. The van der Waals surface area contributed by atoms with Crippen LogP contribution in [-0.4, -0.2) is 20.9 Å². The van der Waals surface area contributed by atoms with Gasteiger partial charge in [0.1, 0.15) is 28.7 Å². The van der Waals surface area contributed by atoms with Gasteiger partial charge >= 0.3 is 6.18 Å². The zero-order chi connectivity index (χ0) is 20.3. The van der Waals surface area contributed by atoms with Gasteiger partial charge in [-0.1, -0.05) is 6.07 Å². The van der Waals surface area contributed by atoms with Crippen molar-refractivity contribution in [3.8, 4) is 11.5 Å². The minimum Gasteiger partial charge on any atom is -0.456 e. The van der Waals surface area contributed by atoms with Crippen molar-refractivity contribution in [2.45, 2.75) is 13.1 Å². The van der Waals surface area contributed by atoms with Gasteiger partial charge in [0.2, 0.25) is 5.95 Å². The first-order valence-corrected chi connectivity index (χ1v) is 7.84. The van der Waals surface area contributed by atoms with Gasteiger partial charge in [0.05, 0.1) is 6.20 Å². The number of amides is 1. The highest BCUT2D eigenvalue weighted by Gasteiger charge is 2.32. The summed E-state index contributed by atoms with van der Waals surface area (Å²) in [6.45, 7) is 1.61. The van der Waals surface area contributed by atoms with Gasteiger partial charge in [-0.3, -0.25) is 4.79 Å². The minimum atomic E-state index is -4.55. The summed E-state index contributed by atoms with van der Waals surface area (Å²) in [7, 11) is 0. The maximum Gasteiger partial charge on any atom is 0.433 e. The van der Waals surface area contributed by atoms with Crippen LogP contribution in [0, 0.1) is 12.9 Å². The number of pyridine rings is 3. The first-order chi connectivity index (χ1) is 13.2. The van der Waals surface area contributed by atoms with Crippen molar-refractivity contribution < 1.29 is 27.1 Å². The predicted molar refractivity (Wildman–Crippen MR) is 90.4 cm³/mol. The second kappa shape index (κ2) is 7.59. The predicted octanol–water partition coefficient (Wildman–Crippen LogP) is 4.38. The summed E-state index contributed by atoms with van der Waals surface area (Å²) in [6.07, 6.45) is -3.63. The number of carbonyl (C=O) groups is 1. The smallest absolute Gasteiger partial charge is 0.433 e. The number of halogens is 4. The van der Waals surface area contributed by atoms with Crippen LogP contribution in [0.5, 0.6) is 11.5 Å². The molecule has 0 saturated carbocycles. The van der Waals surface area contributed by atoms with Crippen LogP contribution in [0.25, 0.3) is 0 Å². The number of alkyl halides is 3. The van der Waals surface area contributed by atoms with E-state index in [-0.39, 0.29) is 23.0 Å². The van der Waals surface area contributed by atoms with Crippen LogP contribution in [0.4, 0.5) is 23.4 Å². The third-order valence-corrected chi connectivity index (χ3v) is 3.38. The molecule has 28 heavy (non-hydrogen) atoms. The van der Waals surface area contributed by atoms with Gasteiger partial charge in [-0.05, 0) is 31.2 Å². The van der Waals surface area contributed by atoms with Gasteiger partial charge in [0.25, 0.3) is 5.91 Å². The summed E-state index contributed by atoms with van der Waals surface area (Å²) < 4.78 is 56.3. The van der Waals surface area contributed by atoms with E-state index in [1.807, 2.05) is 0 Å². The monoisotopic (exact) mass is 392 g/mol. The average Bonchev–Trinajstić information content (AvgIpc) is 2.61. The molecule has 0 aliphatic carbocycles. The molecule has 0 radical (unpaired) electrons. The molecule has 0 aliphatic rings. The second-order valence-corrected chi connectivity index (χ2v) is 5.61. The van der Waals surface area contributed by atoms with Gasteiger partial charge in [0.15, 0.2) is 0 Å². The van der Waals surface area contributed by atoms with Crippen LogP contribution >= 0.6 is 0 Å². The molecule has 1 amide bonds. The van der Waals surface area contributed by atoms with Gasteiger partial charge in [-0.15, -0.1) is 0 Å². The number of nitrogens with zero attached hydrogens (tertiary/aromatic N) is 3. The van der Waals surface area contributed by atoms with Crippen LogP contribution < -0.4 is 10.1 Å². The van der Waals surface area contributed by atoms with Crippen LogP contribution in [0.15, 0.2) is 48.7 Å². The van der Waals surface area contributed by atoms with Gasteiger partial charge in [0, 0.05) is 17.8 Å².